The third-order valence-corrected chi connectivity index (χ3v) is 3.02. The van der Waals surface area contributed by atoms with Gasteiger partial charge in [-0.05, 0) is 13.8 Å². The van der Waals surface area contributed by atoms with E-state index in [0.29, 0.717) is 18.0 Å². The van der Waals surface area contributed by atoms with Crippen LogP contribution in [0, 0.1) is 13.8 Å². The summed E-state index contributed by atoms with van der Waals surface area (Å²) in [4.78, 5) is 15.9. The fourth-order valence-electron chi connectivity index (χ4n) is 1.39. The summed E-state index contributed by atoms with van der Waals surface area (Å²) >= 11 is 1.61. The molecule has 2 aromatic heterocycles. The third-order valence-electron chi connectivity index (χ3n) is 2.19. The molecule has 0 aliphatic rings. The van der Waals surface area contributed by atoms with Gasteiger partial charge in [0.1, 0.15) is 5.76 Å². The molecule has 5 nitrogen and oxygen atoms in total. The van der Waals surface area contributed by atoms with Crippen LogP contribution in [-0.4, -0.2) is 22.6 Å². The number of nitrogens with zero attached hydrogens (tertiary/aromatic N) is 2. The first-order valence-electron chi connectivity index (χ1n) is 5.27. The molecule has 0 fully saturated rings. The molecule has 0 aromatic carbocycles. The minimum atomic E-state index is -0.214. The maximum absolute atomic E-state index is 11.6. The zero-order chi connectivity index (χ0) is 12.3. The Balaban J connectivity index is 1.81. The molecule has 0 spiro atoms. The molecule has 0 aliphatic heterocycles. The molecule has 17 heavy (non-hydrogen) atoms. The summed E-state index contributed by atoms with van der Waals surface area (Å²) in [5.41, 5.74) is 1.32. The standard InChI is InChI=1S/C11H13N3O2S/c1-7-5-10(14-16-7)11(15)12-4-3-9-6-17-8(2)13-9/h5-6H,3-4H2,1-2H3,(H,12,15). The average Bonchev–Trinajstić information content (AvgIpc) is 2.88. The normalized spacial score (nSPS) is 10.5. The largest absolute Gasteiger partial charge is 0.361 e. The Morgan fingerprint density at radius 3 is 2.94 bits per heavy atom. The highest BCUT2D eigenvalue weighted by atomic mass is 32.1. The maximum Gasteiger partial charge on any atom is 0.273 e. The SMILES string of the molecule is Cc1cc(C(=O)NCCc2csc(C)n2)no1. The second-order valence-electron chi connectivity index (χ2n) is 3.69. The molecule has 0 aliphatic carbocycles. The van der Waals surface area contributed by atoms with Crippen LogP contribution < -0.4 is 5.32 Å². The lowest BCUT2D eigenvalue weighted by Gasteiger charge is -2.00. The van der Waals surface area contributed by atoms with Gasteiger partial charge in [0.2, 0.25) is 0 Å². The van der Waals surface area contributed by atoms with Crippen LogP contribution in [0.25, 0.3) is 0 Å². The van der Waals surface area contributed by atoms with E-state index in [1.165, 1.54) is 0 Å². The minimum absolute atomic E-state index is 0.214. The van der Waals surface area contributed by atoms with E-state index in [-0.39, 0.29) is 5.91 Å². The molecule has 6 heteroatoms. The van der Waals surface area contributed by atoms with E-state index < -0.39 is 0 Å². The van der Waals surface area contributed by atoms with Gasteiger partial charge >= 0.3 is 0 Å². The van der Waals surface area contributed by atoms with Gasteiger partial charge in [-0.1, -0.05) is 5.16 Å². The van der Waals surface area contributed by atoms with Crippen LogP contribution in [0.3, 0.4) is 0 Å². The van der Waals surface area contributed by atoms with Gasteiger partial charge in [0.05, 0.1) is 10.7 Å². The molecule has 0 atom stereocenters. The first kappa shape index (κ1) is 11.8. The van der Waals surface area contributed by atoms with Crippen LogP contribution in [0.1, 0.15) is 27.0 Å². The number of hydrogen-bond donors (Lipinski definition) is 1. The number of amides is 1. The van der Waals surface area contributed by atoms with Crippen molar-refractivity contribution in [3.63, 3.8) is 0 Å². The summed E-state index contributed by atoms with van der Waals surface area (Å²) in [5.74, 6) is 0.416. The van der Waals surface area contributed by atoms with Crippen LogP contribution in [0.2, 0.25) is 0 Å². The highest BCUT2D eigenvalue weighted by Gasteiger charge is 2.10. The minimum Gasteiger partial charge on any atom is -0.361 e. The predicted molar refractivity (Wildman–Crippen MR) is 64.1 cm³/mol. The van der Waals surface area contributed by atoms with Crippen molar-refractivity contribution in [2.45, 2.75) is 20.3 Å². The van der Waals surface area contributed by atoms with Crippen LogP contribution >= 0.6 is 11.3 Å². The smallest absolute Gasteiger partial charge is 0.273 e. The third kappa shape index (κ3) is 3.13. The Hall–Kier alpha value is -1.69. The lowest BCUT2D eigenvalue weighted by atomic mass is 10.3. The van der Waals surface area contributed by atoms with E-state index in [9.17, 15) is 4.79 Å². The Morgan fingerprint density at radius 1 is 1.53 bits per heavy atom. The van der Waals surface area contributed by atoms with Gasteiger partial charge in [0.15, 0.2) is 5.69 Å². The van der Waals surface area contributed by atoms with Crippen molar-refractivity contribution in [2.75, 3.05) is 6.54 Å². The second kappa shape index (κ2) is 5.09. The molecule has 1 amide bonds. The summed E-state index contributed by atoms with van der Waals surface area (Å²) in [7, 11) is 0. The van der Waals surface area contributed by atoms with E-state index in [2.05, 4.69) is 15.5 Å². The van der Waals surface area contributed by atoms with Crippen molar-refractivity contribution >= 4 is 17.2 Å². The van der Waals surface area contributed by atoms with Crippen LogP contribution in [0.4, 0.5) is 0 Å². The Kier molecular flexibility index (Phi) is 3.53. The molecular weight excluding hydrogens is 238 g/mol. The van der Waals surface area contributed by atoms with Gasteiger partial charge in [0.25, 0.3) is 5.91 Å². The summed E-state index contributed by atoms with van der Waals surface area (Å²) in [6.07, 6.45) is 0.729. The van der Waals surface area contributed by atoms with Crippen molar-refractivity contribution in [3.8, 4) is 0 Å². The van der Waals surface area contributed by atoms with Crippen molar-refractivity contribution in [1.29, 1.82) is 0 Å². The molecule has 90 valence electrons. The molecule has 2 aromatic rings. The van der Waals surface area contributed by atoms with E-state index in [0.717, 1.165) is 17.1 Å². The number of nitrogens with one attached hydrogen (secondary N) is 1. The molecule has 0 bridgehead atoms. The molecule has 0 radical (unpaired) electrons. The molecule has 1 N–H and O–H groups in total. The van der Waals surface area contributed by atoms with Crippen molar-refractivity contribution in [2.24, 2.45) is 0 Å². The average molecular weight is 251 g/mol. The molecule has 2 rings (SSSR count). The number of thiazole rings is 1. The molecular formula is C11H13N3O2S. The molecule has 2 heterocycles. The fraction of sp³-hybridized carbons (Fsp3) is 0.364. The maximum atomic E-state index is 11.6. The summed E-state index contributed by atoms with van der Waals surface area (Å²) in [5, 5.41) is 9.46. The van der Waals surface area contributed by atoms with Gasteiger partial charge < -0.3 is 9.84 Å². The van der Waals surface area contributed by atoms with E-state index in [1.54, 1.807) is 24.3 Å². The summed E-state index contributed by atoms with van der Waals surface area (Å²) < 4.78 is 4.83. The van der Waals surface area contributed by atoms with Gasteiger partial charge in [-0.3, -0.25) is 4.79 Å². The van der Waals surface area contributed by atoms with Crippen molar-refractivity contribution < 1.29 is 9.32 Å². The predicted octanol–water partition coefficient (Wildman–Crippen LogP) is 1.72. The van der Waals surface area contributed by atoms with Gasteiger partial charge in [-0.15, -0.1) is 11.3 Å². The Morgan fingerprint density at radius 2 is 2.35 bits per heavy atom. The highest BCUT2D eigenvalue weighted by molar-refractivity contribution is 7.09. The van der Waals surface area contributed by atoms with E-state index >= 15 is 0 Å². The quantitative estimate of drug-likeness (QED) is 0.898. The lowest BCUT2D eigenvalue weighted by Crippen LogP contribution is -2.26. The van der Waals surface area contributed by atoms with Crippen LogP contribution in [0.15, 0.2) is 16.0 Å². The number of rotatable bonds is 4. The van der Waals surface area contributed by atoms with Gasteiger partial charge in [0, 0.05) is 24.4 Å². The first-order valence-corrected chi connectivity index (χ1v) is 6.15. The second-order valence-corrected chi connectivity index (χ2v) is 4.75. The number of aryl methyl sites for hydroxylation is 2. The van der Waals surface area contributed by atoms with Crippen molar-refractivity contribution in [3.05, 3.63) is 33.6 Å². The molecule has 0 saturated carbocycles. The molecule has 0 unspecified atom stereocenters. The van der Waals surface area contributed by atoms with Gasteiger partial charge in [-0.2, -0.15) is 0 Å². The van der Waals surface area contributed by atoms with E-state index in [1.807, 2.05) is 12.3 Å². The zero-order valence-corrected chi connectivity index (χ0v) is 10.5. The molecule has 0 saturated heterocycles. The highest BCUT2D eigenvalue weighted by Crippen LogP contribution is 2.08. The van der Waals surface area contributed by atoms with Gasteiger partial charge in [-0.25, -0.2) is 4.98 Å². The van der Waals surface area contributed by atoms with Crippen LogP contribution in [-0.2, 0) is 6.42 Å². The van der Waals surface area contributed by atoms with Crippen molar-refractivity contribution in [1.82, 2.24) is 15.5 Å². The summed E-state index contributed by atoms with van der Waals surface area (Å²) in [6.45, 7) is 4.26. The fourth-order valence-corrected chi connectivity index (χ4v) is 2.04. The Labute approximate surface area is 103 Å². The monoisotopic (exact) mass is 251 g/mol. The van der Waals surface area contributed by atoms with Crippen LogP contribution in [0.5, 0.6) is 0 Å². The van der Waals surface area contributed by atoms with E-state index in [4.69, 9.17) is 4.52 Å². The Bertz CT molecular complexity index is 518. The number of hydrogen-bond acceptors (Lipinski definition) is 5. The lowest BCUT2D eigenvalue weighted by molar-refractivity contribution is 0.0945. The zero-order valence-electron chi connectivity index (χ0n) is 9.69. The number of carbonyl (C=O) groups excluding carboxylic acids is 1. The topological polar surface area (TPSA) is 68.0 Å². The first-order chi connectivity index (χ1) is 8.15. The summed E-state index contributed by atoms with van der Waals surface area (Å²) in [6, 6.07) is 1.61. The number of carbonyl (C=O) groups is 1. The number of aromatic nitrogens is 2.